The van der Waals surface area contributed by atoms with Crippen molar-refractivity contribution in [3.05, 3.63) is 53.6 Å². The van der Waals surface area contributed by atoms with Crippen LogP contribution in [-0.2, 0) is 28.9 Å². The van der Waals surface area contributed by atoms with Crippen LogP contribution in [0.25, 0.3) is 17.1 Å². The number of alkyl halides is 6. The minimum Gasteiger partial charge on any atom is -0.389 e. The van der Waals surface area contributed by atoms with Gasteiger partial charge in [-0.3, -0.25) is 4.90 Å². The summed E-state index contributed by atoms with van der Waals surface area (Å²) in [4.78, 5) is 13.6. The summed E-state index contributed by atoms with van der Waals surface area (Å²) >= 11 is 0. The number of β-amino-alcohol motifs (C(OH)–C–C–N with tert-alkyl or cyclic N) is 1. The SMILES string of the molecule is CC1(O)CCN(Cc2cccc(-n3cnc(-c4nc(NC5CCN(S(C)(=O)=O)CC5)ncc4C(F)(F)F)c3)c2C(F)(F)F)C1. The number of sulfonamides is 1. The van der Waals surface area contributed by atoms with E-state index in [4.69, 9.17) is 0 Å². The first-order valence-corrected chi connectivity index (χ1v) is 15.6. The molecule has 2 aliphatic heterocycles. The maximum Gasteiger partial charge on any atom is 0.420 e. The zero-order chi connectivity index (χ0) is 32.1. The second-order valence-corrected chi connectivity index (χ2v) is 13.4. The summed E-state index contributed by atoms with van der Waals surface area (Å²) in [6.45, 7) is 2.57. The number of benzene rings is 1. The summed E-state index contributed by atoms with van der Waals surface area (Å²) in [5.74, 6) is -0.153. The molecule has 2 aliphatic rings. The van der Waals surface area contributed by atoms with Crippen molar-refractivity contribution < 1.29 is 39.9 Å². The van der Waals surface area contributed by atoms with Gasteiger partial charge in [-0.25, -0.2) is 27.7 Å². The van der Waals surface area contributed by atoms with Gasteiger partial charge in [0.2, 0.25) is 16.0 Å². The third-order valence-electron chi connectivity index (χ3n) is 7.79. The van der Waals surface area contributed by atoms with Crippen LogP contribution in [0.3, 0.4) is 0 Å². The maximum absolute atomic E-state index is 14.4. The van der Waals surface area contributed by atoms with E-state index in [1.54, 1.807) is 11.8 Å². The van der Waals surface area contributed by atoms with Crippen molar-refractivity contribution in [2.75, 3.05) is 37.8 Å². The molecule has 2 saturated heterocycles. The highest BCUT2D eigenvalue weighted by molar-refractivity contribution is 7.88. The number of hydrogen-bond donors (Lipinski definition) is 2. The molecule has 1 atom stereocenters. The average Bonchev–Trinajstić information content (AvgIpc) is 3.53. The van der Waals surface area contributed by atoms with Crippen LogP contribution in [0.5, 0.6) is 0 Å². The van der Waals surface area contributed by atoms with Gasteiger partial charge in [-0.15, -0.1) is 0 Å². The number of aromatic nitrogens is 4. The zero-order valence-corrected chi connectivity index (χ0v) is 24.6. The molecule has 0 bridgehead atoms. The Bertz CT molecular complexity index is 1620. The first kappa shape index (κ1) is 32.1. The largest absolute Gasteiger partial charge is 0.420 e. The summed E-state index contributed by atoms with van der Waals surface area (Å²) in [5.41, 5.74) is -4.49. The van der Waals surface area contributed by atoms with Gasteiger partial charge in [-0.1, -0.05) is 12.1 Å². The van der Waals surface area contributed by atoms with Crippen LogP contribution in [0.1, 0.15) is 42.9 Å². The molecular formula is C27H31F6N7O3S. The van der Waals surface area contributed by atoms with Gasteiger partial charge in [0, 0.05) is 51.2 Å². The zero-order valence-electron chi connectivity index (χ0n) is 23.8. The van der Waals surface area contributed by atoms with Gasteiger partial charge >= 0.3 is 12.4 Å². The summed E-state index contributed by atoms with van der Waals surface area (Å²) in [7, 11) is -3.38. The second-order valence-electron chi connectivity index (χ2n) is 11.5. The van der Waals surface area contributed by atoms with Crippen LogP contribution in [0.15, 0.2) is 36.9 Å². The van der Waals surface area contributed by atoms with E-state index >= 15 is 0 Å². The quantitative estimate of drug-likeness (QED) is 0.368. The Kier molecular flexibility index (Phi) is 8.45. The molecule has 1 aromatic carbocycles. The number of likely N-dealkylation sites (tertiary alicyclic amines) is 1. The van der Waals surface area contributed by atoms with Crippen molar-refractivity contribution in [2.24, 2.45) is 0 Å². The number of imidazole rings is 1. The number of nitrogens with one attached hydrogen (secondary N) is 1. The van der Waals surface area contributed by atoms with Gasteiger partial charge in [0.15, 0.2) is 0 Å². The Morgan fingerprint density at radius 1 is 1.07 bits per heavy atom. The molecule has 240 valence electrons. The molecule has 0 radical (unpaired) electrons. The lowest BCUT2D eigenvalue weighted by Crippen LogP contribution is -2.42. The highest BCUT2D eigenvalue weighted by atomic mass is 32.2. The van der Waals surface area contributed by atoms with E-state index in [2.05, 4.69) is 20.3 Å². The van der Waals surface area contributed by atoms with Crippen LogP contribution < -0.4 is 5.32 Å². The van der Waals surface area contributed by atoms with Crippen molar-refractivity contribution in [3.63, 3.8) is 0 Å². The lowest BCUT2D eigenvalue weighted by Gasteiger charge is -2.30. The predicted molar refractivity (Wildman–Crippen MR) is 148 cm³/mol. The predicted octanol–water partition coefficient (Wildman–Crippen LogP) is 4.16. The summed E-state index contributed by atoms with van der Waals surface area (Å²) in [6.07, 6.45) is -4.79. The van der Waals surface area contributed by atoms with E-state index < -0.39 is 44.8 Å². The van der Waals surface area contributed by atoms with E-state index in [0.717, 1.165) is 23.3 Å². The molecule has 2 aromatic heterocycles. The number of rotatable bonds is 7. The highest BCUT2D eigenvalue weighted by Crippen LogP contribution is 2.39. The molecule has 2 N–H and O–H groups in total. The molecule has 17 heteroatoms. The number of piperidine rings is 1. The molecule has 0 saturated carbocycles. The van der Waals surface area contributed by atoms with Crippen LogP contribution >= 0.6 is 0 Å². The molecule has 0 spiro atoms. The smallest absolute Gasteiger partial charge is 0.389 e. The lowest BCUT2D eigenvalue weighted by molar-refractivity contribution is -0.138. The Morgan fingerprint density at radius 2 is 1.77 bits per heavy atom. The molecule has 44 heavy (non-hydrogen) atoms. The fourth-order valence-electron chi connectivity index (χ4n) is 5.62. The van der Waals surface area contributed by atoms with E-state index in [0.29, 0.717) is 32.0 Å². The third kappa shape index (κ3) is 7.16. The van der Waals surface area contributed by atoms with Gasteiger partial charge in [-0.2, -0.15) is 26.3 Å². The van der Waals surface area contributed by atoms with Gasteiger partial charge in [0.1, 0.15) is 17.0 Å². The molecular weight excluding hydrogens is 616 g/mol. The van der Waals surface area contributed by atoms with Crippen molar-refractivity contribution in [1.82, 2.24) is 28.7 Å². The average molecular weight is 648 g/mol. The molecule has 5 rings (SSSR count). The molecule has 4 heterocycles. The first-order valence-electron chi connectivity index (χ1n) is 13.8. The summed E-state index contributed by atoms with van der Waals surface area (Å²) in [5, 5.41) is 13.2. The summed E-state index contributed by atoms with van der Waals surface area (Å²) in [6, 6.07) is 3.66. The van der Waals surface area contributed by atoms with Crippen LogP contribution in [0.4, 0.5) is 32.3 Å². The Morgan fingerprint density at radius 3 is 2.36 bits per heavy atom. The number of hydrogen-bond acceptors (Lipinski definition) is 8. The van der Waals surface area contributed by atoms with Crippen molar-refractivity contribution in [2.45, 2.75) is 56.7 Å². The van der Waals surface area contributed by atoms with Crippen molar-refractivity contribution in [3.8, 4) is 17.1 Å². The van der Waals surface area contributed by atoms with Crippen LogP contribution in [0, 0.1) is 0 Å². The minimum absolute atomic E-state index is 0.0469. The fourth-order valence-corrected chi connectivity index (χ4v) is 6.49. The van der Waals surface area contributed by atoms with Gasteiger partial charge in [-0.05, 0) is 37.8 Å². The number of halogens is 6. The molecule has 1 unspecified atom stereocenters. The standard InChI is InChI=1S/C27H31F6N7O3S/c1-25(41)8-11-38(15-25)13-17-4-3-5-21(22(17)27(31,32)33)39-14-20(35-16-39)23-19(26(28,29)30)12-34-24(37-23)36-18-6-9-40(10-7-18)44(2,42)43/h3-5,12,14,16,18,41H,6-11,13,15H2,1-2H3,(H,34,36,37). The molecule has 0 aliphatic carbocycles. The lowest BCUT2D eigenvalue weighted by atomic mass is 10.0. The second kappa shape index (κ2) is 11.6. The maximum atomic E-state index is 14.4. The van der Waals surface area contributed by atoms with E-state index in [9.17, 15) is 39.9 Å². The van der Waals surface area contributed by atoms with Crippen LogP contribution in [-0.4, -0.2) is 86.3 Å². The molecule has 0 amide bonds. The van der Waals surface area contributed by atoms with Gasteiger partial charge in [0.25, 0.3) is 0 Å². The number of anilines is 1. The fraction of sp³-hybridized carbons (Fsp3) is 0.519. The van der Waals surface area contributed by atoms with Gasteiger partial charge in [0.05, 0.1) is 29.4 Å². The highest BCUT2D eigenvalue weighted by Gasteiger charge is 2.40. The third-order valence-corrected chi connectivity index (χ3v) is 9.09. The normalized spacial score (nSPS) is 21.2. The van der Waals surface area contributed by atoms with E-state index in [1.165, 1.54) is 22.5 Å². The van der Waals surface area contributed by atoms with E-state index in [-0.39, 0.29) is 55.1 Å². The molecule has 3 aromatic rings. The minimum atomic E-state index is -4.88. The van der Waals surface area contributed by atoms with Crippen LogP contribution in [0.2, 0.25) is 0 Å². The Labute approximate surface area is 249 Å². The topological polar surface area (TPSA) is 116 Å². The molecule has 10 nitrogen and oxygen atoms in total. The van der Waals surface area contributed by atoms with Gasteiger partial charge < -0.3 is 15.0 Å². The monoisotopic (exact) mass is 647 g/mol. The number of aliphatic hydroxyl groups is 1. The first-order chi connectivity index (χ1) is 20.4. The Balaban J connectivity index is 1.46. The number of nitrogens with zero attached hydrogens (tertiary/aromatic N) is 6. The van der Waals surface area contributed by atoms with Crippen molar-refractivity contribution in [1.29, 1.82) is 0 Å². The van der Waals surface area contributed by atoms with Crippen molar-refractivity contribution >= 4 is 16.0 Å². The Hall–Kier alpha value is -3.28. The summed E-state index contributed by atoms with van der Waals surface area (Å²) < 4.78 is 111. The van der Waals surface area contributed by atoms with E-state index in [1.807, 2.05) is 0 Å². The molecule has 2 fully saturated rings.